The van der Waals surface area contributed by atoms with E-state index >= 15 is 0 Å². The fraction of sp³-hybridized carbons (Fsp3) is 0.350. The van der Waals surface area contributed by atoms with Crippen molar-refractivity contribution in [3.05, 3.63) is 58.9 Å². The quantitative estimate of drug-likeness (QED) is 0.880. The number of aromatic nitrogens is 1. The lowest BCUT2D eigenvalue weighted by atomic mass is 10.0. The fourth-order valence-corrected chi connectivity index (χ4v) is 3.03. The summed E-state index contributed by atoms with van der Waals surface area (Å²) < 4.78 is 0. The van der Waals surface area contributed by atoms with Gasteiger partial charge in [-0.15, -0.1) is 0 Å². The molecule has 132 valence electrons. The minimum absolute atomic E-state index is 0.0583. The molecular formula is C20H25N3O2. The number of carbonyl (C=O) groups excluding carboxylic acids is 2. The Morgan fingerprint density at radius 1 is 1.08 bits per heavy atom. The average Bonchev–Trinajstić information content (AvgIpc) is 2.55. The second kappa shape index (κ2) is 8.42. The number of anilines is 1. The van der Waals surface area contributed by atoms with E-state index in [0.717, 1.165) is 27.9 Å². The lowest BCUT2D eigenvalue weighted by Crippen LogP contribution is -2.34. The molecule has 0 radical (unpaired) electrons. The monoisotopic (exact) mass is 339 g/mol. The molecular weight excluding hydrogens is 314 g/mol. The van der Waals surface area contributed by atoms with Gasteiger partial charge in [0.05, 0.1) is 0 Å². The van der Waals surface area contributed by atoms with E-state index < -0.39 is 0 Å². The smallest absolute Gasteiger partial charge is 0.223 e. The highest BCUT2D eigenvalue weighted by Gasteiger charge is 2.17. The zero-order valence-corrected chi connectivity index (χ0v) is 15.3. The number of aryl methyl sites for hydroxylation is 3. The summed E-state index contributed by atoms with van der Waals surface area (Å²) in [6.07, 6.45) is 3.65. The summed E-state index contributed by atoms with van der Waals surface area (Å²) in [5.41, 5.74) is 5.16. The third-order valence-corrected chi connectivity index (χ3v) is 4.09. The molecule has 25 heavy (non-hydrogen) atoms. The van der Waals surface area contributed by atoms with Crippen LogP contribution in [-0.2, 0) is 16.1 Å². The van der Waals surface area contributed by atoms with Crippen LogP contribution in [0.25, 0.3) is 0 Å². The van der Waals surface area contributed by atoms with Gasteiger partial charge in [-0.2, -0.15) is 0 Å². The zero-order chi connectivity index (χ0) is 18.4. The van der Waals surface area contributed by atoms with E-state index in [1.807, 2.05) is 32.9 Å². The number of nitrogens with zero attached hydrogens (tertiary/aromatic N) is 2. The third kappa shape index (κ3) is 5.14. The maximum atomic E-state index is 12.1. The Balaban J connectivity index is 2.01. The van der Waals surface area contributed by atoms with Crippen LogP contribution in [0.1, 0.15) is 35.6 Å². The third-order valence-electron chi connectivity index (χ3n) is 4.09. The largest absolute Gasteiger partial charge is 0.352 e. The second-order valence-corrected chi connectivity index (χ2v) is 6.30. The maximum Gasteiger partial charge on any atom is 0.223 e. The molecule has 0 bridgehead atoms. The summed E-state index contributed by atoms with van der Waals surface area (Å²) in [7, 11) is 0. The zero-order valence-electron chi connectivity index (χ0n) is 15.3. The molecule has 0 saturated heterocycles. The van der Waals surface area contributed by atoms with E-state index in [2.05, 4.69) is 22.4 Å². The summed E-state index contributed by atoms with van der Waals surface area (Å²) in [4.78, 5) is 29.9. The Kier molecular flexibility index (Phi) is 6.28. The molecule has 0 fully saturated rings. The summed E-state index contributed by atoms with van der Waals surface area (Å²) in [6.45, 7) is 8.39. The van der Waals surface area contributed by atoms with E-state index in [1.54, 1.807) is 17.3 Å². The summed E-state index contributed by atoms with van der Waals surface area (Å²) in [5, 5.41) is 2.88. The summed E-state index contributed by atoms with van der Waals surface area (Å²) in [6, 6.07) is 7.84. The first-order valence-corrected chi connectivity index (χ1v) is 8.40. The van der Waals surface area contributed by atoms with E-state index in [1.165, 1.54) is 6.92 Å². The van der Waals surface area contributed by atoms with Gasteiger partial charge in [0.1, 0.15) is 0 Å². The first kappa shape index (κ1) is 18.6. The summed E-state index contributed by atoms with van der Waals surface area (Å²) in [5.74, 6) is -0.137. The number of amides is 2. The van der Waals surface area contributed by atoms with E-state index in [4.69, 9.17) is 0 Å². The molecule has 0 aliphatic heterocycles. The molecule has 1 aromatic carbocycles. The van der Waals surface area contributed by atoms with Crippen LogP contribution in [-0.4, -0.2) is 23.3 Å². The highest BCUT2D eigenvalue weighted by Crippen LogP contribution is 2.26. The first-order chi connectivity index (χ1) is 11.9. The van der Waals surface area contributed by atoms with Gasteiger partial charge in [0.2, 0.25) is 11.8 Å². The lowest BCUT2D eigenvalue weighted by molar-refractivity contribution is -0.121. The Bertz CT molecular complexity index is 734. The molecule has 0 spiro atoms. The van der Waals surface area contributed by atoms with Crippen LogP contribution in [0.2, 0.25) is 0 Å². The van der Waals surface area contributed by atoms with Crippen molar-refractivity contribution in [3.63, 3.8) is 0 Å². The molecule has 0 atom stereocenters. The maximum absolute atomic E-state index is 12.1. The van der Waals surface area contributed by atoms with Gasteiger partial charge in [-0.3, -0.25) is 14.6 Å². The van der Waals surface area contributed by atoms with Gasteiger partial charge in [0.15, 0.2) is 0 Å². The van der Waals surface area contributed by atoms with E-state index in [0.29, 0.717) is 13.1 Å². The van der Waals surface area contributed by atoms with Gasteiger partial charge in [0.25, 0.3) is 0 Å². The number of benzene rings is 1. The molecule has 5 nitrogen and oxygen atoms in total. The molecule has 0 unspecified atom stereocenters. The highest BCUT2D eigenvalue weighted by molar-refractivity contribution is 5.94. The van der Waals surface area contributed by atoms with Crippen molar-refractivity contribution in [1.29, 1.82) is 0 Å². The van der Waals surface area contributed by atoms with Gasteiger partial charge in [-0.25, -0.2) is 0 Å². The fourth-order valence-electron chi connectivity index (χ4n) is 3.03. The van der Waals surface area contributed by atoms with Crippen molar-refractivity contribution >= 4 is 17.5 Å². The topological polar surface area (TPSA) is 62.3 Å². The van der Waals surface area contributed by atoms with E-state index in [-0.39, 0.29) is 18.2 Å². The molecule has 1 aromatic heterocycles. The SMILES string of the molecule is CC(=O)N(CCC(=O)NCc1ccncc1)c1c(C)cc(C)cc1C. The first-order valence-electron chi connectivity index (χ1n) is 8.40. The van der Waals surface area contributed by atoms with Gasteiger partial charge >= 0.3 is 0 Å². The van der Waals surface area contributed by atoms with Crippen LogP contribution in [0.5, 0.6) is 0 Å². The van der Waals surface area contributed by atoms with Gasteiger partial charge in [-0.1, -0.05) is 17.7 Å². The van der Waals surface area contributed by atoms with Crippen molar-refractivity contribution in [1.82, 2.24) is 10.3 Å². The van der Waals surface area contributed by atoms with Gasteiger partial charge < -0.3 is 10.2 Å². The molecule has 0 aliphatic rings. The number of hydrogen-bond acceptors (Lipinski definition) is 3. The number of hydrogen-bond donors (Lipinski definition) is 1. The number of rotatable bonds is 6. The van der Waals surface area contributed by atoms with Crippen molar-refractivity contribution in [2.24, 2.45) is 0 Å². The highest BCUT2D eigenvalue weighted by atomic mass is 16.2. The molecule has 1 heterocycles. The van der Waals surface area contributed by atoms with Gasteiger partial charge in [-0.05, 0) is 49.6 Å². The van der Waals surface area contributed by atoms with E-state index in [9.17, 15) is 9.59 Å². The normalized spacial score (nSPS) is 10.4. The van der Waals surface area contributed by atoms with Crippen LogP contribution in [0.15, 0.2) is 36.7 Å². The lowest BCUT2D eigenvalue weighted by Gasteiger charge is -2.25. The minimum Gasteiger partial charge on any atom is -0.352 e. The van der Waals surface area contributed by atoms with Crippen molar-refractivity contribution in [3.8, 4) is 0 Å². The molecule has 0 aliphatic carbocycles. The van der Waals surface area contributed by atoms with Crippen molar-refractivity contribution in [2.75, 3.05) is 11.4 Å². The van der Waals surface area contributed by atoms with Crippen LogP contribution in [0, 0.1) is 20.8 Å². The van der Waals surface area contributed by atoms with Crippen LogP contribution in [0.4, 0.5) is 5.69 Å². The number of pyridine rings is 1. The number of nitrogens with one attached hydrogen (secondary N) is 1. The second-order valence-electron chi connectivity index (χ2n) is 6.30. The molecule has 1 N–H and O–H groups in total. The average molecular weight is 339 g/mol. The predicted molar refractivity (Wildman–Crippen MR) is 99.4 cm³/mol. The molecule has 2 aromatic rings. The van der Waals surface area contributed by atoms with Crippen LogP contribution >= 0.6 is 0 Å². The van der Waals surface area contributed by atoms with Gasteiger partial charge in [0, 0.05) is 44.5 Å². The Morgan fingerprint density at radius 2 is 1.68 bits per heavy atom. The van der Waals surface area contributed by atoms with Crippen molar-refractivity contribution < 1.29 is 9.59 Å². The molecule has 2 amide bonds. The Labute approximate surface area is 149 Å². The standard InChI is InChI=1S/C20H25N3O2/c1-14-11-15(2)20(16(3)12-14)23(17(4)24)10-7-19(25)22-13-18-5-8-21-9-6-18/h5-6,8-9,11-12H,7,10,13H2,1-4H3,(H,22,25). The molecule has 0 saturated carbocycles. The van der Waals surface area contributed by atoms with Crippen LogP contribution in [0.3, 0.4) is 0 Å². The summed E-state index contributed by atoms with van der Waals surface area (Å²) >= 11 is 0. The van der Waals surface area contributed by atoms with Crippen molar-refractivity contribution in [2.45, 2.75) is 40.7 Å². The minimum atomic E-state index is -0.0783. The Hall–Kier alpha value is -2.69. The van der Waals surface area contributed by atoms with Crippen LogP contribution < -0.4 is 10.2 Å². The molecule has 2 rings (SSSR count). The number of carbonyl (C=O) groups is 2. The predicted octanol–water partition coefficient (Wildman–Crippen LogP) is 3.07. The Morgan fingerprint density at radius 3 is 2.24 bits per heavy atom. The molecule has 5 heteroatoms.